The van der Waals surface area contributed by atoms with Crippen LogP contribution in [0.1, 0.15) is 25.3 Å². The Morgan fingerprint density at radius 2 is 1.77 bits per heavy atom. The molecular weight excluding hydrogens is 664 g/mol. The number of H-pyrrole nitrogens is 1. The molecular formula is C21H25N9O8P2S3. The van der Waals surface area contributed by atoms with Gasteiger partial charge in [-0.2, -0.15) is 4.98 Å². The smallest absolute Gasteiger partial charge is 0.325 e. The van der Waals surface area contributed by atoms with Gasteiger partial charge in [0.2, 0.25) is 11.6 Å². The lowest BCUT2D eigenvalue weighted by Crippen LogP contribution is -2.29. The number of imidazole rings is 2. The molecule has 8 atom stereocenters. The summed E-state index contributed by atoms with van der Waals surface area (Å²) in [4.78, 5) is 42.9. The molecule has 0 aromatic carbocycles. The van der Waals surface area contributed by atoms with Gasteiger partial charge >= 0.3 is 6.72 Å². The zero-order valence-corrected chi connectivity index (χ0v) is 26.2. The van der Waals surface area contributed by atoms with E-state index in [0.717, 1.165) is 0 Å². The molecule has 0 saturated carbocycles. The van der Waals surface area contributed by atoms with Crippen molar-refractivity contribution >= 4 is 82.2 Å². The number of aromatic nitrogens is 7. The maximum absolute atomic E-state index is 12.3. The maximum Gasteiger partial charge on any atom is 0.325 e. The number of fused-ring (bicyclic) bond motifs is 5. The number of nitrogens with zero attached hydrogens (tertiary/aromatic N) is 6. The lowest BCUT2D eigenvalue weighted by atomic mass is 10.2. The third kappa shape index (κ3) is 5.76. The summed E-state index contributed by atoms with van der Waals surface area (Å²) in [5.41, 5.74) is 9.90. The Bertz CT molecular complexity index is 1870. The lowest BCUT2D eigenvalue weighted by molar-refractivity contribution is -0.0561. The van der Waals surface area contributed by atoms with E-state index in [9.17, 15) is 9.69 Å². The first-order valence-electron chi connectivity index (χ1n) is 12.9. The van der Waals surface area contributed by atoms with Gasteiger partial charge in [0.05, 0.1) is 43.8 Å². The van der Waals surface area contributed by atoms with Gasteiger partial charge in [0.1, 0.15) is 24.0 Å². The highest BCUT2D eigenvalue weighted by Crippen LogP contribution is 2.58. The lowest BCUT2D eigenvalue weighted by Gasteiger charge is -2.27. The second-order valence-corrected chi connectivity index (χ2v) is 18.1. The highest BCUT2D eigenvalue weighted by molar-refractivity contribution is 8.60. The standard InChI is InChI=1S/C21H25N9O8P2S3/c22-10-1-2-24-17-15(10)25-7-29(17)14-4-11-13(36-14)6-33-39(32,41)37-12-3-9(5-34-40(42,43)38-11)35-20(12)30-8-26-16-18(30)27-21(23)28-19(16)31/h1-2,7-9,11-14,20H,3-6H2,(H2,22,24)(H,32,41)(H,42,43)(H3,23,27,28,31)/t9-,11-,12+,13+,14+,20+,39?/m0/s1. The van der Waals surface area contributed by atoms with Crippen LogP contribution >= 0.6 is 24.7 Å². The second kappa shape index (κ2) is 11.1. The summed E-state index contributed by atoms with van der Waals surface area (Å²) in [6.07, 6.45) is 0.782. The predicted molar refractivity (Wildman–Crippen MR) is 163 cm³/mol. The maximum atomic E-state index is 12.3. The summed E-state index contributed by atoms with van der Waals surface area (Å²) < 4.78 is 39.6. The van der Waals surface area contributed by atoms with Gasteiger partial charge < -0.3 is 43.9 Å². The minimum absolute atomic E-state index is 0.00783. The minimum Gasteiger partial charge on any atom is -0.397 e. The zero-order valence-electron chi connectivity index (χ0n) is 21.9. The molecule has 3 aliphatic heterocycles. The van der Waals surface area contributed by atoms with E-state index in [2.05, 4.69) is 37.2 Å². The Hall–Kier alpha value is -2.06. The predicted octanol–water partition coefficient (Wildman–Crippen LogP) is 1.49. The van der Waals surface area contributed by atoms with Gasteiger partial charge in [0.15, 0.2) is 23.0 Å². The van der Waals surface area contributed by atoms with Crippen LogP contribution in [0.15, 0.2) is 29.7 Å². The van der Waals surface area contributed by atoms with Crippen molar-refractivity contribution < 1.29 is 32.5 Å². The summed E-state index contributed by atoms with van der Waals surface area (Å²) in [6, 6.07) is 1.66. The van der Waals surface area contributed by atoms with Crippen LogP contribution in [0.3, 0.4) is 0 Å². The molecule has 4 aromatic heterocycles. The molecule has 3 saturated heterocycles. The summed E-state index contributed by atoms with van der Waals surface area (Å²) in [5, 5.41) is 0. The average molecular weight is 690 g/mol. The fourth-order valence-electron chi connectivity index (χ4n) is 5.34. The molecule has 4 aromatic rings. The summed E-state index contributed by atoms with van der Waals surface area (Å²) in [7, 11) is 0. The third-order valence-corrected chi connectivity index (χ3v) is 11.0. The van der Waals surface area contributed by atoms with Crippen molar-refractivity contribution in [1.82, 2.24) is 34.1 Å². The first-order valence-corrected chi connectivity index (χ1v) is 19.3. The number of nitrogen functional groups attached to an aromatic ring is 2. The second-order valence-electron chi connectivity index (χ2n) is 10.1. The number of hydrogen-bond donors (Lipinski definition) is 5. The molecule has 22 heteroatoms. The van der Waals surface area contributed by atoms with Crippen molar-refractivity contribution in [2.45, 2.75) is 49.7 Å². The van der Waals surface area contributed by atoms with Gasteiger partial charge in [-0.1, -0.05) is 12.2 Å². The van der Waals surface area contributed by atoms with E-state index >= 15 is 0 Å². The Balaban J connectivity index is 1.17. The van der Waals surface area contributed by atoms with E-state index in [1.54, 1.807) is 23.2 Å². The number of aromatic amines is 1. The number of hydrogen-bond acceptors (Lipinski definition) is 15. The molecule has 7 heterocycles. The van der Waals surface area contributed by atoms with Crippen LogP contribution in [-0.2, 0) is 51.2 Å². The Morgan fingerprint density at radius 3 is 2.60 bits per heavy atom. The SMILES string of the molecule is Nc1nc2c(ncn2[C@@H]2O[C@@H]3COP(=S)(S)O[C@H]4C[C@H](n5cnc6c(N)ccnc65)O[C@@H]4COP(O)(=S)O[C@@H]2C3)c(=O)[nH]1. The fraction of sp³-hybridized carbons (Fsp3) is 0.476. The van der Waals surface area contributed by atoms with E-state index in [1.165, 1.54) is 10.9 Å². The topological polar surface area (TPSA) is 222 Å². The number of nitrogens with two attached hydrogens (primary N) is 2. The Labute approximate surface area is 257 Å². The van der Waals surface area contributed by atoms with Crippen molar-refractivity contribution in [1.29, 1.82) is 0 Å². The number of thiol groups is 1. The highest BCUT2D eigenvalue weighted by atomic mass is 32.9. The van der Waals surface area contributed by atoms with E-state index in [4.69, 9.17) is 62.6 Å². The highest BCUT2D eigenvalue weighted by Gasteiger charge is 2.45. The quantitative estimate of drug-likeness (QED) is 0.149. The molecule has 0 amide bonds. The first-order chi connectivity index (χ1) is 20.5. The summed E-state index contributed by atoms with van der Waals surface area (Å²) >= 11 is 15.6. The third-order valence-electron chi connectivity index (χ3n) is 7.22. The Morgan fingerprint density at radius 1 is 0.977 bits per heavy atom. The van der Waals surface area contributed by atoms with Gasteiger partial charge in [-0.3, -0.25) is 18.9 Å². The molecule has 2 bridgehead atoms. The van der Waals surface area contributed by atoms with Crippen molar-refractivity contribution in [3.8, 4) is 0 Å². The van der Waals surface area contributed by atoms with Crippen LogP contribution in [0.5, 0.6) is 0 Å². The van der Waals surface area contributed by atoms with Crippen molar-refractivity contribution in [2.24, 2.45) is 0 Å². The number of ether oxygens (including phenoxy) is 2. The summed E-state index contributed by atoms with van der Waals surface area (Å²) in [5.74, 6) is -0.104. The minimum atomic E-state index is -3.88. The normalized spacial score (nSPS) is 35.4. The summed E-state index contributed by atoms with van der Waals surface area (Å²) in [6.45, 7) is -4.08. The average Bonchev–Trinajstić information content (AvgIpc) is 3.71. The van der Waals surface area contributed by atoms with E-state index < -0.39 is 54.8 Å². The van der Waals surface area contributed by atoms with Crippen LogP contribution in [-0.4, -0.2) is 76.6 Å². The number of anilines is 2. The van der Waals surface area contributed by atoms with Gasteiger partial charge in [0, 0.05) is 19.0 Å². The molecule has 0 radical (unpaired) electrons. The first kappa shape index (κ1) is 29.6. The number of nitrogens with one attached hydrogen (secondary N) is 1. The molecule has 17 nitrogen and oxygen atoms in total. The van der Waals surface area contributed by atoms with Crippen molar-refractivity contribution in [2.75, 3.05) is 24.7 Å². The van der Waals surface area contributed by atoms with Crippen molar-refractivity contribution in [3.05, 3.63) is 35.3 Å². The molecule has 3 fully saturated rings. The molecule has 2 unspecified atom stereocenters. The van der Waals surface area contributed by atoms with Gasteiger partial charge in [-0.05, 0) is 29.7 Å². The van der Waals surface area contributed by atoms with Crippen LogP contribution in [0.2, 0.25) is 0 Å². The van der Waals surface area contributed by atoms with Crippen molar-refractivity contribution in [3.63, 3.8) is 0 Å². The van der Waals surface area contributed by atoms with Crippen LogP contribution in [0.4, 0.5) is 11.6 Å². The zero-order chi connectivity index (χ0) is 30.1. The van der Waals surface area contributed by atoms with E-state index in [-0.39, 0.29) is 36.7 Å². The van der Waals surface area contributed by atoms with Gasteiger partial charge in [-0.15, -0.1) is 0 Å². The molecule has 0 aliphatic carbocycles. The molecule has 7 rings (SSSR count). The Kier molecular flexibility index (Phi) is 7.64. The largest absolute Gasteiger partial charge is 0.397 e. The molecule has 0 spiro atoms. The van der Waals surface area contributed by atoms with E-state index in [0.29, 0.717) is 23.3 Å². The van der Waals surface area contributed by atoms with Gasteiger partial charge in [-0.25, -0.2) is 15.0 Å². The molecule has 230 valence electrons. The molecule has 6 N–H and O–H groups in total. The fourth-order valence-corrected chi connectivity index (χ4v) is 8.84. The van der Waals surface area contributed by atoms with Crippen LogP contribution in [0, 0.1) is 0 Å². The van der Waals surface area contributed by atoms with Crippen LogP contribution < -0.4 is 17.0 Å². The monoisotopic (exact) mass is 689 g/mol. The number of rotatable bonds is 2. The van der Waals surface area contributed by atoms with E-state index in [1.807, 2.05) is 0 Å². The van der Waals surface area contributed by atoms with Gasteiger partial charge in [0.25, 0.3) is 5.56 Å². The molecule has 3 aliphatic rings. The van der Waals surface area contributed by atoms with Crippen LogP contribution in [0.25, 0.3) is 22.3 Å². The number of pyridine rings is 1. The molecule has 43 heavy (non-hydrogen) atoms.